The van der Waals surface area contributed by atoms with Gasteiger partial charge < -0.3 is 10.3 Å². The molecule has 0 aliphatic carbocycles. The van der Waals surface area contributed by atoms with E-state index in [1.54, 1.807) is 25.1 Å². The van der Waals surface area contributed by atoms with Gasteiger partial charge in [-0.1, -0.05) is 17.7 Å². The number of benzene rings is 1. The van der Waals surface area contributed by atoms with Gasteiger partial charge in [-0.2, -0.15) is 0 Å². The number of H-pyrrole nitrogens is 1. The summed E-state index contributed by atoms with van der Waals surface area (Å²) in [5.41, 5.74) is 1.52. The lowest BCUT2D eigenvalue weighted by Crippen LogP contribution is -2.36. The maximum Gasteiger partial charge on any atom is 0.328 e. The molecular weight excluding hydrogens is 318 g/mol. The van der Waals surface area contributed by atoms with Crippen molar-refractivity contribution in [1.82, 2.24) is 9.55 Å². The van der Waals surface area contributed by atoms with Crippen LogP contribution in [0.5, 0.6) is 0 Å². The van der Waals surface area contributed by atoms with Crippen molar-refractivity contribution in [2.24, 2.45) is 7.05 Å². The Morgan fingerprint density at radius 1 is 1.30 bits per heavy atom. The number of carbonyl (C=O) groups is 1. The number of aromatic amines is 1. The predicted molar refractivity (Wildman–Crippen MR) is 90.2 cm³/mol. The average Bonchev–Trinajstić information content (AvgIpc) is 2.49. The first-order valence-corrected chi connectivity index (χ1v) is 7.52. The Hall–Kier alpha value is -2.34. The van der Waals surface area contributed by atoms with E-state index in [-0.39, 0.29) is 24.3 Å². The van der Waals surface area contributed by atoms with Gasteiger partial charge in [0.1, 0.15) is 0 Å². The highest BCUT2D eigenvalue weighted by atomic mass is 35.5. The molecule has 7 heteroatoms. The zero-order valence-corrected chi connectivity index (χ0v) is 14.0. The molecule has 1 aromatic heterocycles. The lowest BCUT2D eigenvalue weighted by Gasteiger charge is -2.10. The highest BCUT2D eigenvalue weighted by Crippen LogP contribution is 2.23. The number of aryl methyl sites for hydroxylation is 1. The first-order chi connectivity index (χ1) is 10.8. The van der Waals surface area contributed by atoms with Gasteiger partial charge in [-0.15, -0.1) is 0 Å². The molecular formula is C16H18ClN3O3. The van der Waals surface area contributed by atoms with Crippen LogP contribution in [0.2, 0.25) is 5.02 Å². The first kappa shape index (κ1) is 17.0. The number of halogens is 1. The number of nitrogens with one attached hydrogen (secondary N) is 2. The monoisotopic (exact) mass is 335 g/mol. The topological polar surface area (TPSA) is 84.0 Å². The molecule has 0 aliphatic heterocycles. The summed E-state index contributed by atoms with van der Waals surface area (Å²) in [6.07, 6.45) is 0.384. The van der Waals surface area contributed by atoms with Crippen molar-refractivity contribution < 1.29 is 4.79 Å². The number of amides is 1. The van der Waals surface area contributed by atoms with Crippen molar-refractivity contribution >= 4 is 23.2 Å². The maximum absolute atomic E-state index is 12.1. The standard InChI is InChI=1S/C16H18ClN3O3/c1-9-12(17)5-4-6-13(9)19-14(21)8-7-11-10(2)18-16(23)20(3)15(11)22/h4-6H,7-8H2,1-3H3,(H,18,23)(H,19,21). The second kappa shape index (κ2) is 6.83. The van der Waals surface area contributed by atoms with Gasteiger partial charge in [0, 0.05) is 35.4 Å². The summed E-state index contributed by atoms with van der Waals surface area (Å²) in [6, 6.07) is 5.27. The van der Waals surface area contributed by atoms with E-state index in [0.29, 0.717) is 22.0 Å². The summed E-state index contributed by atoms with van der Waals surface area (Å²) >= 11 is 6.01. The predicted octanol–water partition coefficient (Wildman–Crippen LogP) is 1.92. The Morgan fingerprint density at radius 3 is 2.70 bits per heavy atom. The van der Waals surface area contributed by atoms with Gasteiger partial charge in [0.15, 0.2) is 0 Å². The van der Waals surface area contributed by atoms with Crippen molar-refractivity contribution in [2.45, 2.75) is 26.7 Å². The van der Waals surface area contributed by atoms with E-state index < -0.39 is 5.69 Å². The van der Waals surface area contributed by atoms with Crippen LogP contribution in [0, 0.1) is 13.8 Å². The van der Waals surface area contributed by atoms with Crippen molar-refractivity contribution in [2.75, 3.05) is 5.32 Å². The summed E-state index contributed by atoms with van der Waals surface area (Å²) in [5, 5.41) is 3.36. The molecule has 0 aliphatic rings. The van der Waals surface area contributed by atoms with Crippen molar-refractivity contribution in [3.8, 4) is 0 Å². The fourth-order valence-electron chi connectivity index (χ4n) is 2.26. The third-order valence-electron chi connectivity index (χ3n) is 3.76. The van der Waals surface area contributed by atoms with Crippen LogP contribution in [0.3, 0.4) is 0 Å². The van der Waals surface area contributed by atoms with Crippen LogP contribution in [-0.4, -0.2) is 15.5 Å². The summed E-state index contributed by atoms with van der Waals surface area (Å²) in [4.78, 5) is 38.2. The molecule has 1 heterocycles. The largest absolute Gasteiger partial charge is 0.328 e. The molecule has 0 atom stereocenters. The van der Waals surface area contributed by atoms with E-state index in [9.17, 15) is 14.4 Å². The van der Waals surface area contributed by atoms with Crippen LogP contribution in [0.1, 0.15) is 23.2 Å². The lowest BCUT2D eigenvalue weighted by atomic mass is 10.1. The molecule has 0 spiro atoms. The second-order valence-corrected chi connectivity index (χ2v) is 5.77. The summed E-state index contributed by atoms with van der Waals surface area (Å²) in [6.45, 7) is 3.47. The Morgan fingerprint density at radius 2 is 2.00 bits per heavy atom. The minimum atomic E-state index is -0.463. The normalized spacial score (nSPS) is 10.6. The number of hydrogen-bond acceptors (Lipinski definition) is 3. The molecule has 6 nitrogen and oxygen atoms in total. The molecule has 0 radical (unpaired) electrons. The Kier molecular flexibility index (Phi) is 5.05. The van der Waals surface area contributed by atoms with Gasteiger partial charge in [0.2, 0.25) is 5.91 Å². The van der Waals surface area contributed by atoms with Gasteiger partial charge in [0.25, 0.3) is 5.56 Å². The van der Waals surface area contributed by atoms with E-state index in [4.69, 9.17) is 11.6 Å². The molecule has 2 rings (SSSR count). The molecule has 0 unspecified atom stereocenters. The summed E-state index contributed by atoms with van der Waals surface area (Å²) in [7, 11) is 1.40. The highest BCUT2D eigenvalue weighted by molar-refractivity contribution is 6.31. The number of aromatic nitrogens is 2. The van der Waals surface area contributed by atoms with E-state index in [2.05, 4.69) is 10.3 Å². The number of hydrogen-bond donors (Lipinski definition) is 2. The third-order valence-corrected chi connectivity index (χ3v) is 4.17. The molecule has 0 saturated heterocycles. The molecule has 2 aromatic rings. The fraction of sp³-hybridized carbons (Fsp3) is 0.312. The Labute approximate surface area is 138 Å². The Balaban J connectivity index is 2.11. The second-order valence-electron chi connectivity index (χ2n) is 5.36. The van der Waals surface area contributed by atoms with E-state index in [1.807, 2.05) is 6.92 Å². The molecule has 1 aromatic carbocycles. The lowest BCUT2D eigenvalue weighted by molar-refractivity contribution is -0.116. The number of rotatable bonds is 4. The van der Waals surface area contributed by atoms with Gasteiger partial charge in [-0.25, -0.2) is 4.79 Å². The molecule has 23 heavy (non-hydrogen) atoms. The Bertz CT molecular complexity index is 868. The zero-order valence-electron chi connectivity index (χ0n) is 13.2. The molecule has 0 bridgehead atoms. The van der Waals surface area contributed by atoms with Crippen LogP contribution < -0.4 is 16.6 Å². The van der Waals surface area contributed by atoms with Crippen molar-refractivity contribution in [1.29, 1.82) is 0 Å². The van der Waals surface area contributed by atoms with Crippen LogP contribution in [0.4, 0.5) is 5.69 Å². The van der Waals surface area contributed by atoms with E-state index in [0.717, 1.165) is 10.1 Å². The number of carbonyl (C=O) groups excluding carboxylic acids is 1. The minimum Gasteiger partial charge on any atom is -0.326 e. The molecule has 0 saturated carbocycles. The maximum atomic E-state index is 12.1. The van der Waals surface area contributed by atoms with Crippen LogP contribution in [0.15, 0.2) is 27.8 Å². The number of anilines is 1. The molecule has 1 amide bonds. The van der Waals surface area contributed by atoms with Gasteiger partial charge >= 0.3 is 5.69 Å². The summed E-state index contributed by atoms with van der Waals surface area (Å²) < 4.78 is 1.00. The fourth-order valence-corrected chi connectivity index (χ4v) is 2.44. The van der Waals surface area contributed by atoms with E-state index in [1.165, 1.54) is 7.05 Å². The smallest absolute Gasteiger partial charge is 0.326 e. The quantitative estimate of drug-likeness (QED) is 0.895. The SMILES string of the molecule is Cc1[nH]c(=O)n(C)c(=O)c1CCC(=O)Nc1cccc(Cl)c1C. The zero-order chi connectivity index (χ0) is 17.1. The highest BCUT2D eigenvalue weighted by Gasteiger charge is 2.12. The van der Waals surface area contributed by atoms with E-state index >= 15 is 0 Å². The van der Waals surface area contributed by atoms with Gasteiger partial charge in [0.05, 0.1) is 0 Å². The molecule has 0 fully saturated rings. The van der Waals surface area contributed by atoms with Crippen LogP contribution in [-0.2, 0) is 18.3 Å². The first-order valence-electron chi connectivity index (χ1n) is 7.15. The van der Waals surface area contributed by atoms with Crippen molar-refractivity contribution in [3.63, 3.8) is 0 Å². The third kappa shape index (κ3) is 3.71. The average molecular weight is 336 g/mol. The molecule has 2 N–H and O–H groups in total. The van der Waals surface area contributed by atoms with Crippen molar-refractivity contribution in [3.05, 3.63) is 60.9 Å². The van der Waals surface area contributed by atoms with Crippen LogP contribution in [0.25, 0.3) is 0 Å². The van der Waals surface area contributed by atoms with Crippen LogP contribution >= 0.6 is 11.6 Å². The summed E-state index contributed by atoms with van der Waals surface area (Å²) in [5.74, 6) is -0.219. The van der Waals surface area contributed by atoms with Gasteiger partial charge in [-0.05, 0) is 38.0 Å². The molecule has 122 valence electrons. The number of nitrogens with zero attached hydrogens (tertiary/aromatic N) is 1. The van der Waals surface area contributed by atoms with Gasteiger partial charge in [-0.3, -0.25) is 14.2 Å². The minimum absolute atomic E-state index is 0.133.